The van der Waals surface area contributed by atoms with Crippen molar-refractivity contribution >= 4 is 5.78 Å². The van der Waals surface area contributed by atoms with Gasteiger partial charge in [-0.3, -0.25) is 4.79 Å². The van der Waals surface area contributed by atoms with Crippen LogP contribution in [0.1, 0.15) is 48.3 Å². The Morgan fingerprint density at radius 2 is 1.73 bits per heavy atom. The van der Waals surface area contributed by atoms with Gasteiger partial charge < -0.3 is 4.90 Å². The molecule has 2 fully saturated rings. The number of hydrogen-bond acceptors (Lipinski definition) is 4. The minimum atomic E-state index is -4.58. The zero-order valence-electron chi connectivity index (χ0n) is 12.3. The summed E-state index contributed by atoms with van der Waals surface area (Å²) in [6.07, 6.45) is 2.33. The highest BCUT2D eigenvalue weighted by Gasteiger charge is 2.39. The minimum absolute atomic E-state index is 0.126. The fourth-order valence-electron chi connectivity index (χ4n) is 3.67. The Morgan fingerprint density at radius 1 is 1.18 bits per heavy atom. The molecule has 3 heterocycles. The molecule has 2 aliphatic rings. The molecule has 1 aromatic heterocycles. The first-order valence-electron chi connectivity index (χ1n) is 7.51. The van der Waals surface area contributed by atoms with E-state index in [9.17, 15) is 18.0 Å². The number of alkyl halides is 3. The average Bonchev–Trinajstić information content (AvgIpc) is 2.45. The molecule has 0 aliphatic carbocycles. The molecule has 1 aromatic rings. The van der Waals surface area contributed by atoms with Crippen LogP contribution in [0, 0.1) is 5.92 Å². The Labute approximate surface area is 126 Å². The van der Waals surface area contributed by atoms with Gasteiger partial charge >= 0.3 is 6.18 Å². The van der Waals surface area contributed by atoms with Gasteiger partial charge in [0.05, 0.1) is 5.56 Å². The molecule has 0 saturated carbocycles. The van der Waals surface area contributed by atoms with Crippen LogP contribution in [0.25, 0.3) is 0 Å². The maximum atomic E-state index is 12.5. The van der Waals surface area contributed by atoms with E-state index in [1.165, 1.54) is 6.42 Å². The number of aromatic nitrogens is 2. The van der Waals surface area contributed by atoms with E-state index in [-0.39, 0.29) is 17.3 Å². The van der Waals surface area contributed by atoms with Gasteiger partial charge in [-0.2, -0.15) is 13.2 Å². The Hall–Kier alpha value is -1.50. The van der Waals surface area contributed by atoms with Crippen molar-refractivity contribution in [1.82, 2.24) is 14.9 Å². The second kappa shape index (κ2) is 5.61. The molecule has 0 spiro atoms. The Morgan fingerprint density at radius 3 is 2.23 bits per heavy atom. The fourth-order valence-corrected chi connectivity index (χ4v) is 3.67. The summed E-state index contributed by atoms with van der Waals surface area (Å²) < 4.78 is 37.4. The quantitative estimate of drug-likeness (QED) is 0.788. The number of carbonyl (C=O) groups is 1. The lowest BCUT2D eigenvalue weighted by atomic mass is 9.76. The summed E-state index contributed by atoms with van der Waals surface area (Å²) >= 11 is 0. The number of hydrogen-bond donors (Lipinski definition) is 0. The van der Waals surface area contributed by atoms with Crippen molar-refractivity contribution in [1.29, 1.82) is 0 Å². The Bertz CT molecular complexity index is 544. The summed E-state index contributed by atoms with van der Waals surface area (Å²) in [6.45, 7) is 0. The minimum Gasteiger partial charge on any atom is -0.300 e. The molecule has 2 atom stereocenters. The molecule has 0 N–H and O–H groups in total. The smallest absolute Gasteiger partial charge is 0.300 e. The van der Waals surface area contributed by atoms with Gasteiger partial charge in [-0.25, -0.2) is 9.97 Å². The number of nitrogens with zero attached hydrogens (tertiary/aromatic N) is 3. The molecule has 2 bridgehead atoms. The second-order valence-electron chi connectivity index (χ2n) is 6.23. The lowest BCUT2D eigenvalue weighted by molar-refractivity contribution is -0.145. The highest BCUT2D eigenvalue weighted by atomic mass is 19.4. The van der Waals surface area contributed by atoms with E-state index < -0.39 is 12.0 Å². The first kappa shape index (κ1) is 15.4. The van der Waals surface area contributed by atoms with E-state index in [4.69, 9.17) is 0 Å². The van der Waals surface area contributed by atoms with Crippen molar-refractivity contribution in [3.63, 3.8) is 0 Å². The molecule has 0 aromatic carbocycles. The first-order valence-corrected chi connectivity index (χ1v) is 7.51. The molecule has 2 saturated heterocycles. The molecule has 0 radical (unpaired) electrons. The van der Waals surface area contributed by atoms with Gasteiger partial charge in [0, 0.05) is 30.4 Å². The van der Waals surface area contributed by atoms with Gasteiger partial charge in [0.1, 0.15) is 0 Å². The standard InChI is InChI=1S/C15H18F3N3O/c1-21-11-3-2-4-12(21)6-9(5-11)13(22)10-7-19-14(20-8-10)15(16,17)18/h7-9,11-12H,2-6H2,1H3. The average molecular weight is 313 g/mol. The maximum absolute atomic E-state index is 12.5. The van der Waals surface area contributed by atoms with Gasteiger partial charge in [-0.1, -0.05) is 6.42 Å². The van der Waals surface area contributed by atoms with Crippen LogP contribution in [-0.4, -0.2) is 39.8 Å². The third kappa shape index (κ3) is 2.86. The largest absolute Gasteiger partial charge is 0.451 e. The van der Waals surface area contributed by atoms with Crippen LogP contribution in [0.3, 0.4) is 0 Å². The van der Waals surface area contributed by atoms with Crippen molar-refractivity contribution in [2.45, 2.75) is 50.4 Å². The zero-order chi connectivity index (χ0) is 15.9. The van der Waals surface area contributed by atoms with Crippen LogP contribution in [0.5, 0.6) is 0 Å². The molecule has 2 unspecified atom stereocenters. The number of carbonyl (C=O) groups excluding carboxylic acids is 1. The molecule has 0 amide bonds. The van der Waals surface area contributed by atoms with Crippen LogP contribution < -0.4 is 0 Å². The summed E-state index contributed by atoms with van der Waals surface area (Å²) in [7, 11) is 2.09. The van der Waals surface area contributed by atoms with Crippen molar-refractivity contribution in [2.24, 2.45) is 5.92 Å². The summed E-state index contributed by atoms with van der Waals surface area (Å²) in [6, 6.07) is 0.800. The molecule has 120 valence electrons. The Kier molecular flexibility index (Phi) is 3.92. The van der Waals surface area contributed by atoms with Crippen LogP contribution in [-0.2, 0) is 6.18 Å². The monoisotopic (exact) mass is 313 g/mol. The SMILES string of the molecule is CN1C2CCCC1CC(C(=O)c1cnc(C(F)(F)F)nc1)C2. The summed E-state index contributed by atoms with van der Waals surface area (Å²) in [4.78, 5) is 21.4. The molecule has 3 rings (SSSR count). The third-order valence-electron chi connectivity index (χ3n) is 4.90. The van der Waals surface area contributed by atoms with E-state index >= 15 is 0 Å². The number of ketones is 1. The van der Waals surface area contributed by atoms with Crippen LogP contribution >= 0.6 is 0 Å². The number of Topliss-reactive ketones (excluding diaryl/α,β-unsaturated/α-hetero) is 1. The summed E-state index contributed by atoms with van der Waals surface area (Å²) in [5.41, 5.74) is 0.181. The predicted molar refractivity (Wildman–Crippen MR) is 73.3 cm³/mol. The topological polar surface area (TPSA) is 46.1 Å². The van der Waals surface area contributed by atoms with Gasteiger partial charge in [0.25, 0.3) is 0 Å². The third-order valence-corrected chi connectivity index (χ3v) is 4.90. The molecule has 2 aliphatic heterocycles. The van der Waals surface area contributed by atoms with E-state index in [1.807, 2.05) is 0 Å². The molecule has 7 heteroatoms. The van der Waals surface area contributed by atoms with Crippen molar-refractivity contribution in [3.8, 4) is 0 Å². The van der Waals surface area contributed by atoms with Crippen LogP contribution in [0.2, 0.25) is 0 Å². The molecular formula is C15H18F3N3O. The van der Waals surface area contributed by atoms with Gasteiger partial charge in [0.15, 0.2) is 5.78 Å². The van der Waals surface area contributed by atoms with Gasteiger partial charge in [-0.15, -0.1) is 0 Å². The molecule has 22 heavy (non-hydrogen) atoms. The van der Waals surface area contributed by atoms with E-state index in [0.717, 1.165) is 38.1 Å². The zero-order valence-corrected chi connectivity index (χ0v) is 12.3. The number of halogens is 3. The normalized spacial score (nSPS) is 29.4. The second-order valence-corrected chi connectivity index (χ2v) is 6.23. The van der Waals surface area contributed by atoms with Gasteiger partial charge in [-0.05, 0) is 32.7 Å². The van der Waals surface area contributed by atoms with Crippen molar-refractivity contribution in [3.05, 3.63) is 23.8 Å². The predicted octanol–water partition coefficient (Wildman–Crippen LogP) is 2.94. The molecule has 4 nitrogen and oxygen atoms in total. The fraction of sp³-hybridized carbons (Fsp3) is 0.667. The number of fused-ring (bicyclic) bond motifs is 2. The molecular weight excluding hydrogens is 295 g/mol. The van der Waals surface area contributed by atoms with E-state index in [2.05, 4.69) is 21.9 Å². The lowest BCUT2D eigenvalue weighted by Gasteiger charge is -2.46. The van der Waals surface area contributed by atoms with Crippen LogP contribution in [0.4, 0.5) is 13.2 Å². The lowest BCUT2D eigenvalue weighted by Crippen LogP contribution is -2.51. The van der Waals surface area contributed by atoms with Crippen LogP contribution in [0.15, 0.2) is 12.4 Å². The number of piperidine rings is 2. The van der Waals surface area contributed by atoms with E-state index in [1.54, 1.807) is 0 Å². The van der Waals surface area contributed by atoms with Gasteiger partial charge in [0.2, 0.25) is 5.82 Å². The maximum Gasteiger partial charge on any atom is 0.451 e. The van der Waals surface area contributed by atoms with E-state index in [0.29, 0.717) is 12.1 Å². The van der Waals surface area contributed by atoms with Crippen molar-refractivity contribution in [2.75, 3.05) is 7.05 Å². The summed E-state index contributed by atoms with van der Waals surface area (Å²) in [5.74, 6) is -1.46. The Balaban J connectivity index is 1.74. The number of rotatable bonds is 2. The highest BCUT2D eigenvalue weighted by molar-refractivity contribution is 5.97. The van der Waals surface area contributed by atoms with Crippen molar-refractivity contribution < 1.29 is 18.0 Å². The highest BCUT2D eigenvalue weighted by Crippen LogP contribution is 2.37. The first-order chi connectivity index (χ1) is 10.4. The summed E-state index contributed by atoms with van der Waals surface area (Å²) in [5, 5.41) is 0.